The highest BCUT2D eigenvalue weighted by Crippen LogP contribution is 2.24. The lowest BCUT2D eigenvalue weighted by Crippen LogP contribution is -2.30. The molecule has 0 radical (unpaired) electrons. The second-order valence-corrected chi connectivity index (χ2v) is 4.93. The minimum absolute atomic E-state index is 0.157. The van der Waals surface area contributed by atoms with Crippen LogP contribution >= 0.6 is 11.6 Å². The van der Waals surface area contributed by atoms with Crippen LogP contribution in [0.3, 0.4) is 0 Å². The number of alkyl halides is 1. The van der Waals surface area contributed by atoms with E-state index in [0.717, 1.165) is 36.9 Å². The van der Waals surface area contributed by atoms with Crippen LogP contribution in [0.4, 0.5) is 0 Å². The first kappa shape index (κ1) is 13.6. The molecule has 2 rings (SSSR count). The number of ether oxygens (including phenoxy) is 2. The molecule has 0 bridgehead atoms. The number of rotatable bonds is 4. The van der Waals surface area contributed by atoms with E-state index in [1.165, 1.54) is 0 Å². The second kappa shape index (κ2) is 6.34. The highest BCUT2D eigenvalue weighted by Gasteiger charge is 2.23. The van der Waals surface area contributed by atoms with Crippen molar-refractivity contribution in [2.45, 2.75) is 50.7 Å². The molecule has 1 heterocycles. The summed E-state index contributed by atoms with van der Waals surface area (Å²) in [5.74, 6) is 0.432. The highest BCUT2D eigenvalue weighted by atomic mass is 35.5. The predicted octanol–water partition coefficient (Wildman–Crippen LogP) is 2.86. The van der Waals surface area contributed by atoms with Crippen molar-refractivity contribution in [1.82, 2.24) is 9.97 Å². The molecule has 0 amide bonds. The van der Waals surface area contributed by atoms with Gasteiger partial charge in [0.15, 0.2) is 0 Å². The third-order valence-corrected chi connectivity index (χ3v) is 3.67. The average Bonchev–Trinajstić information content (AvgIpc) is 2.39. The zero-order valence-corrected chi connectivity index (χ0v) is 11.6. The molecule has 1 saturated carbocycles. The summed E-state index contributed by atoms with van der Waals surface area (Å²) in [4.78, 5) is 8.53. The van der Waals surface area contributed by atoms with Crippen LogP contribution in [0, 0.1) is 6.92 Å². The lowest BCUT2D eigenvalue weighted by molar-refractivity contribution is 0.0178. The Morgan fingerprint density at radius 3 is 2.83 bits per heavy atom. The van der Waals surface area contributed by atoms with E-state index in [2.05, 4.69) is 9.97 Å². The van der Waals surface area contributed by atoms with Gasteiger partial charge >= 0.3 is 6.01 Å². The van der Waals surface area contributed by atoms with Crippen LogP contribution in [-0.4, -0.2) is 29.3 Å². The summed E-state index contributed by atoms with van der Waals surface area (Å²) < 4.78 is 11.2. The van der Waals surface area contributed by atoms with Gasteiger partial charge in [-0.1, -0.05) is 0 Å². The van der Waals surface area contributed by atoms with Crippen molar-refractivity contribution >= 4 is 11.6 Å². The monoisotopic (exact) mass is 270 g/mol. The van der Waals surface area contributed by atoms with Crippen molar-refractivity contribution in [1.29, 1.82) is 0 Å². The van der Waals surface area contributed by atoms with Gasteiger partial charge in [-0.05, 0) is 26.2 Å². The first-order chi connectivity index (χ1) is 8.72. The molecule has 0 N–H and O–H groups in total. The molecular weight excluding hydrogens is 252 g/mol. The van der Waals surface area contributed by atoms with E-state index < -0.39 is 0 Å². The van der Waals surface area contributed by atoms with E-state index >= 15 is 0 Å². The van der Waals surface area contributed by atoms with E-state index in [9.17, 15) is 0 Å². The lowest BCUT2D eigenvalue weighted by Gasteiger charge is -2.27. The quantitative estimate of drug-likeness (QED) is 0.789. The Labute approximate surface area is 113 Å². The molecule has 0 spiro atoms. The van der Waals surface area contributed by atoms with Crippen molar-refractivity contribution in [2.24, 2.45) is 0 Å². The van der Waals surface area contributed by atoms with Crippen molar-refractivity contribution in [3.05, 3.63) is 17.5 Å². The largest absolute Gasteiger partial charge is 0.460 e. The van der Waals surface area contributed by atoms with Crippen LogP contribution in [0.1, 0.15) is 36.9 Å². The Morgan fingerprint density at radius 2 is 2.17 bits per heavy atom. The van der Waals surface area contributed by atoms with Gasteiger partial charge in [0.1, 0.15) is 6.10 Å². The number of halogens is 1. The van der Waals surface area contributed by atoms with Gasteiger partial charge in [0, 0.05) is 31.0 Å². The Hall–Kier alpha value is -0.870. The van der Waals surface area contributed by atoms with Crippen molar-refractivity contribution in [3.63, 3.8) is 0 Å². The molecule has 1 aliphatic rings. The van der Waals surface area contributed by atoms with Crippen LogP contribution in [0.2, 0.25) is 0 Å². The van der Waals surface area contributed by atoms with E-state index in [1.807, 2.05) is 6.92 Å². The van der Waals surface area contributed by atoms with Gasteiger partial charge < -0.3 is 9.47 Å². The molecular formula is C13H19ClN2O2. The van der Waals surface area contributed by atoms with Gasteiger partial charge in [-0.25, -0.2) is 9.97 Å². The Morgan fingerprint density at radius 1 is 1.39 bits per heavy atom. The van der Waals surface area contributed by atoms with E-state index in [-0.39, 0.29) is 6.10 Å². The fourth-order valence-corrected chi connectivity index (χ4v) is 2.49. The average molecular weight is 271 g/mol. The highest BCUT2D eigenvalue weighted by molar-refractivity contribution is 6.17. The van der Waals surface area contributed by atoms with Gasteiger partial charge in [0.05, 0.1) is 12.0 Å². The predicted molar refractivity (Wildman–Crippen MR) is 70.0 cm³/mol. The Bertz CT molecular complexity index is 401. The Balaban J connectivity index is 1.98. The molecule has 0 aromatic carbocycles. The molecule has 1 aromatic rings. The minimum atomic E-state index is 0.157. The molecule has 0 aliphatic heterocycles. The smallest absolute Gasteiger partial charge is 0.316 e. The van der Waals surface area contributed by atoms with Gasteiger partial charge in [-0.2, -0.15) is 0 Å². The summed E-state index contributed by atoms with van der Waals surface area (Å²) in [5.41, 5.74) is 1.83. The molecule has 100 valence electrons. The molecule has 2 unspecified atom stereocenters. The van der Waals surface area contributed by atoms with Crippen LogP contribution in [0.5, 0.6) is 6.01 Å². The summed E-state index contributed by atoms with van der Waals surface area (Å²) in [5, 5.41) is 0. The molecule has 0 saturated heterocycles. The molecule has 18 heavy (non-hydrogen) atoms. The van der Waals surface area contributed by atoms with E-state index in [4.69, 9.17) is 21.1 Å². The maximum atomic E-state index is 5.82. The SMILES string of the molecule is COC1CCCC(Oc2ncc(CCl)c(C)n2)C1. The third kappa shape index (κ3) is 3.33. The zero-order valence-electron chi connectivity index (χ0n) is 10.9. The Kier molecular flexibility index (Phi) is 4.78. The third-order valence-electron chi connectivity index (χ3n) is 3.39. The summed E-state index contributed by atoms with van der Waals surface area (Å²) in [7, 11) is 1.75. The number of aromatic nitrogens is 2. The van der Waals surface area contributed by atoms with E-state index in [1.54, 1.807) is 13.3 Å². The number of hydrogen-bond acceptors (Lipinski definition) is 4. The number of hydrogen-bond donors (Lipinski definition) is 0. The first-order valence-corrected chi connectivity index (χ1v) is 6.84. The molecule has 1 aromatic heterocycles. The molecule has 5 heteroatoms. The van der Waals surface area contributed by atoms with Crippen molar-refractivity contribution in [2.75, 3.05) is 7.11 Å². The normalized spacial score (nSPS) is 23.9. The van der Waals surface area contributed by atoms with Crippen LogP contribution in [0.15, 0.2) is 6.20 Å². The fraction of sp³-hybridized carbons (Fsp3) is 0.692. The molecule has 2 atom stereocenters. The first-order valence-electron chi connectivity index (χ1n) is 6.31. The van der Waals surface area contributed by atoms with E-state index in [0.29, 0.717) is 18.0 Å². The topological polar surface area (TPSA) is 44.2 Å². The molecule has 1 aliphatic carbocycles. The maximum absolute atomic E-state index is 5.82. The summed E-state index contributed by atoms with van der Waals surface area (Å²) >= 11 is 5.78. The van der Waals surface area contributed by atoms with Gasteiger partial charge in [0.25, 0.3) is 0 Å². The van der Waals surface area contributed by atoms with Gasteiger partial charge in [0.2, 0.25) is 0 Å². The van der Waals surface area contributed by atoms with Crippen molar-refractivity contribution in [3.8, 4) is 6.01 Å². The van der Waals surface area contributed by atoms with Gasteiger partial charge in [-0.3, -0.25) is 0 Å². The van der Waals surface area contributed by atoms with Crippen LogP contribution in [-0.2, 0) is 10.6 Å². The van der Waals surface area contributed by atoms with Crippen molar-refractivity contribution < 1.29 is 9.47 Å². The van der Waals surface area contributed by atoms with Crippen LogP contribution in [0.25, 0.3) is 0 Å². The number of nitrogens with zero attached hydrogens (tertiary/aromatic N) is 2. The second-order valence-electron chi connectivity index (χ2n) is 4.66. The lowest BCUT2D eigenvalue weighted by atomic mass is 9.95. The fourth-order valence-electron chi connectivity index (χ4n) is 2.23. The summed E-state index contributed by atoms with van der Waals surface area (Å²) in [6.07, 6.45) is 6.39. The molecule has 4 nitrogen and oxygen atoms in total. The number of aryl methyl sites for hydroxylation is 1. The number of methoxy groups -OCH3 is 1. The zero-order chi connectivity index (χ0) is 13.0. The van der Waals surface area contributed by atoms with Gasteiger partial charge in [-0.15, -0.1) is 11.6 Å². The molecule has 1 fully saturated rings. The van der Waals surface area contributed by atoms with Crippen LogP contribution < -0.4 is 4.74 Å². The summed E-state index contributed by atoms with van der Waals surface area (Å²) in [6.45, 7) is 1.92. The summed E-state index contributed by atoms with van der Waals surface area (Å²) in [6, 6.07) is 0.447. The minimum Gasteiger partial charge on any atom is -0.460 e. The maximum Gasteiger partial charge on any atom is 0.316 e. The standard InChI is InChI=1S/C13H19ClN2O2/c1-9-10(7-14)8-15-13(16-9)18-12-5-3-4-11(6-12)17-2/h8,11-12H,3-7H2,1-2H3.